The van der Waals surface area contributed by atoms with Crippen molar-refractivity contribution in [2.45, 2.75) is 19.3 Å². The molecule has 3 heteroatoms. The topological polar surface area (TPSA) is 43.1 Å². The highest BCUT2D eigenvalue weighted by atomic mass is 31.2. The minimum atomic E-state index is -2.51. The van der Waals surface area contributed by atoms with Crippen LogP contribution in [-0.2, 0) is 4.57 Å². The molecule has 0 aliphatic rings. The summed E-state index contributed by atoms with van der Waals surface area (Å²) in [6.45, 7) is 0.709. The van der Waals surface area contributed by atoms with E-state index < -0.39 is 7.14 Å². The molecule has 0 aliphatic heterocycles. The molecule has 2 rings (SSSR count). The van der Waals surface area contributed by atoms with Crippen LogP contribution < -0.4 is 16.3 Å². The molecule has 0 radical (unpaired) electrons. The van der Waals surface area contributed by atoms with Crippen LogP contribution in [0.3, 0.4) is 0 Å². The Morgan fingerprint density at radius 2 is 1.25 bits per heavy atom. The van der Waals surface area contributed by atoms with Crippen molar-refractivity contribution in [3.05, 3.63) is 60.7 Å². The first-order valence-electron chi connectivity index (χ1n) is 7.18. The van der Waals surface area contributed by atoms with Crippen molar-refractivity contribution >= 4 is 17.8 Å². The highest BCUT2D eigenvalue weighted by Crippen LogP contribution is 2.44. The molecule has 2 nitrogen and oxygen atoms in total. The summed E-state index contributed by atoms with van der Waals surface area (Å²) < 4.78 is 13.5. The van der Waals surface area contributed by atoms with Crippen molar-refractivity contribution in [3.8, 4) is 0 Å². The standard InChI is InChI=1S/C17H22NOP/c18-14-8-3-9-15-20(19,16-10-4-1-5-11-16)17-12-6-2-7-13-17/h1-2,4-7,10-13H,3,8-9,14-15,18H2. The normalized spacial score (nSPS) is 11.4. The van der Waals surface area contributed by atoms with Gasteiger partial charge in [0.1, 0.15) is 7.14 Å². The second kappa shape index (κ2) is 7.42. The van der Waals surface area contributed by atoms with E-state index in [9.17, 15) is 4.57 Å². The summed E-state index contributed by atoms with van der Waals surface area (Å²) in [5, 5.41) is 1.91. The first-order chi connectivity index (χ1) is 9.77. The smallest absolute Gasteiger partial charge is 0.143 e. The SMILES string of the molecule is NCCCCCP(=O)(c1ccccc1)c1ccccc1. The van der Waals surface area contributed by atoms with E-state index in [-0.39, 0.29) is 0 Å². The number of benzene rings is 2. The molecule has 0 saturated carbocycles. The van der Waals surface area contributed by atoms with Crippen molar-refractivity contribution in [3.63, 3.8) is 0 Å². The molecule has 0 atom stereocenters. The Bertz CT molecular complexity index is 510. The van der Waals surface area contributed by atoms with Crippen LogP contribution in [0.25, 0.3) is 0 Å². The zero-order chi connectivity index (χ0) is 14.3. The number of hydrogen-bond donors (Lipinski definition) is 1. The summed E-state index contributed by atoms with van der Waals surface area (Å²) in [6.07, 6.45) is 3.73. The molecule has 0 aliphatic carbocycles. The number of unbranched alkanes of at least 4 members (excludes halogenated alkanes) is 2. The van der Waals surface area contributed by atoms with Crippen molar-refractivity contribution in [1.82, 2.24) is 0 Å². The van der Waals surface area contributed by atoms with Gasteiger partial charge in [0.2, 0.25) is 0 Å². The van der Waals surface area contributed by atoms with E-state index in [0.717, 1.165) is 36.0 Å². The highest BCUT2D eigenvalue weighted by Gasteiger charge is 2.25. The predicted molar refractivity (Wildman–Crippen MR) is 87.5 cm³/mol. The third-order valence-corrected chi connectivity index (χ3v) is 6.73. The van der Waals surface area contributed by atoms with E-state index >= 15 is 0 Å². The maximum absolute atomic E-state index is 13.5. The Labute approximate surface area is 121 Å². The van der Waals surface area contributed by atoms with Gasteiger partial charge in [-0.3, -0.25) is 0 Å². The molecule has 0 bridgehead atoms. The summed E-state index contributed by atoms with van der Waals surface area (Å²) >= 11 is 0. The Balaban J connectivity index is 2.27. The lowest BCUT2D eigenvalue weighted by atomic mass is 10.2. The van der Waals surface area contributed by atoms with Crippen LogP contribution in [0.1, 0.15) is 19.3 Å². The molecular weight excluding hydrogens is 265 g/mol. The Hall–Kier alpha value is -1.37. The predicted octanol–water partition coefficient (Wildman–Crippen LogP) is 3.13. The molecule has 0 spiro atoms. The fourth-order valence-electron chi connectivity index (χ4n) is 2.40. The van der Waals surface area contributed by atoms with Gasteiger partial charge in [0.05, 0.1) is 0 Å². The van der Waals surface area contributed by atoms with Crippen LogP contribution in [-0.4, -0.2) is 12.7 Å². The van der Waals surface area contributed by atoms with E-state index in [2.05, 4.69) is 0 Å². The number of rotatable bonds is 7. The monoisotopic (exact) mass is 287 g/mol. The fourth-order valence-corrected chi connectivity index (χ4v) is 5.19. The van der Waals surface area contributed by atoms with E-state index in [1.54, 1.807) is 0 Å². The molecule has 0 saturated heterocycles. The van der Waals surface area contributed by atoms with Crippen molar-refractivity contribution < 1.29 is 4.57 Å². The second-order valence-corrected chi connectivity index (χ2v) is 7.94. The van der Waals surface area contributed by atoms with Gasteiger partial charge >= 0.3 is 0 Å². The minimum Gasteiger partial charge on any atom is -0.330 e. The molecule has 2 N–H and O–H groups in total. The average molecular weight is 287 g/mol. The zero-order valence-corrected chi connectivity index (χ0v) is 12.6. The largest absolute Gasteiger partial charge is 0.330 e. The lowest BCUT2D eigenvalue weighted by molar-refractivity contribution is 0.583. The van der Waals surface area contributed by atoms with Gasteiger partial charge in [0.15, 0.2) is 0 Å². The fraction of sp³-hybridized carbons (Fsp3) is 0.294. The molecular formula is C17H22NOP. The second-order valence-electron chi connectivity index (χ2n) is 4.98. The van der Waals surface area contributed by atoms with Gasteiger partial charge < -0.3 is 10.3 Å². The number of nitrogens with two attached hydrogens (primary N) is 1. The van der Waals surface area contributed by atoms with E-state index in [0.29, 0.717) is 6.54 Å². The van der Waals surface area contributed by atoms with E-state index in [4.69, 9.17) is 5.73 Å². The summed E-state index contributed by atoms with van der Waals surface area (Å²) in [4.78, 5) is 0. The maximum Gasteiger partial charge on any atom is 0.143 e. The first kappa shape index (κ1) is 15.0. The molecule has 0 fully saturated rings. The quantitative estimate of drug-likeness (QED) is 0.628. The summed E-state index contributed by atoms with van der Waals surface area (Å²) in [7, 11) is -2.51. The van der Waals surface area contributed by atoms with Crippen molar-refractivity contribution in [2.75, 3.05) is 12.7 Å². The first-order valence-corrected chi connectivity index (χ1v) is 9.07. The average Bonchev–Trinajstić information content (AvgIpc) is 2.53. The molecule has 0 amide bonds. The number of hydrogen-bond acceptors (Lipinski definition) is 2. The van der Waals surface area contributed by atoms with Gasteiger partial charge in [0, 0.05) is 16.8 Å². The van der Waals surface area contributed by atoms with Crippen LogP contribution in [0.5, 0.6) is 0 Å². The van der Waals surface area contributed by atoms with Gasteiger partial charge in [-0.2, -0.15) is 0 Å². The molecule has 0 unspecified atom stereocenters. The van der Waals surface area contributed by atoms with Crippen LogP contribution >= 0.6 is 7.14 Å². The van der Waals surface area contributed by atoms with Crippen LogP contribution in [0.2, 0.25) is 0 Å². The molecule has 20 heavy (non-hydrogen) atoms. The molecule has 2 aromatic rings. The Morgan fingerprint density at radius 3 is 1.70 bits per heavy atom. The van der Waals surface area contributed by atoms with Gasteiger partial charge in [-0.1, -0.05) is 67.1 Å². The van der Waals surface area contributed by atoms with Crippen molar-refractivity contribution in [1.29, 1.82) is 0 Å². The van der Waals surface area contributed by atoms with E-state index in [1.807, 2.05) is 60.7 Å². The lowest BCUT2D eigenvalue weighted by Crippen LogP contribution is -2.18. The molecule has 0 heterocycles. The van der Waals surface area contributed by atoms with Crippen LogP contribution in [0, 0.1) is 0 Å². The summed E-state index contributed by atoms with van der Waals surface area (Å²) in [6, 6.07) is 19.7. The molecule has 2 aromatic carbocycles. The van der Waals surface area contributed by atoms with Gasteiger partial charge in [-0.25, -0.2) is 0 Å². The molecule has 106 valence electrons. The Morgan fingerprint density at radius 1 is 0.750 bits per heavy atom. The minimum absolute atomic E-state index is 0.709. The van der Waals surface area contributed by atoms with Gasteiger partial charge in [-0.05, 0) is 19.4 Å². The molecule has 0 aromatic heterocycles. The van der Waals surface area contributed by atoms with Crippen molar-refractivity contribution in [2.24, 2.45) is 5.73 Å². The summed E-state index contributed by atoms with van der Waals surface area (Å²) in [5.74, 6) is 0. The van der Waals surface area contributed by atoms with Gasteiger partial charge in [-0.15, -0.1) is 0 Å². The lowest BCUT2D eigenvalue weighted by Gasteiger charge is -2.19. The highest BCUT2D eigenvalue weighted by molar-refractivity contribution is 7.78. The van der Waals surface area contributed by atoms with E-state index in [1.165, 1.54) is 0 Å². The third kappa shape index (κ3) is 3.59. The summed E-state index contributed by atoms with van der Waals surface area (Å²) in [5.41, 5.74) is 5.53. The van der Waals surface area contributed by atoms with Crippen LogP contribution in [0.15, 0.2) is 60.7 Å². The third-order valence-electron chi connectivity index (χ3n) is 3.52. The van der Waals surface area contributed by atoms with Crippen LogP contribution in [0.4, 0.5) is 0 Å². The maximum atomic E-state index is 13.5. The zero-order valence-electron chi connectivity index (χ0n) is 11.7. The Kier molecular flexibility index (Phi) is 5.58. The van der Waals surface area contributed by atoms with Gasteiger partial charge in [0.25, 0.3) is 0 Å².